The number of halogens is 1. The van der Waals surface area contributed by atoms with Crippen LogP contribution in [-0.2, 0) is 0 Å². The predicted octanol–water partition coefficient (Wildman–Crippen LogP) is 1.58. The van der Waals surface area contributed by atoms with Crippen molar-refractivity contribution in [3.8, 4) is 11.4 Å². The van der Waals surface area contributed by atoms with Crippen LogP contribution in [0.5, 0.6) is 0 Å². The minimum atomic E-state index is -0.392. The van der Waals surface area contributed by atoms with Gasteiger partial charge in [0, 0.05) is 12.1 Å². The van der Waals surface area contributed by atoms with E-state index in [-0.39, 0.29) is 11.9 Å². The first-order valence-electron chi connectivity index (χ1n) is 6.15. The van der Waals surface area contributed by atoms with E-state index in [0.717, 1.165) is 5.56 Å². The molecule has 5 nitrogen and oxygen atoms in total. The van der Waals surface area contributed by atoms with Crippen LogP contribution >= 0.6 is 0 Å². The van der Waals surface area contributed by atoms with E-state index in [1.54, 1.807) is 6.07 Å². The standard InChI is InChI=1S/C13H14FN3O2/c1-7-2-3-8(14)4-10(7)12-16-13(19-17-12)11-5-9(18)6-15-11/h2-4,9,11,15,18H,5-6H2,1H3/t9-,11-/m0/s1. The molecule has 2 aromatic rings. The highest BCUT2D eigenvalue weighted by atomic mass is 19.1. The number of aliphatic hydroxyl groups excluding tert-OH is 1. The Labute approximate surface area is 109 Å². The van der Waals surface area contributed by atoms with Crippen molar-refractivity contribution in [1.82, 2.24) is 15.5 Å². The van der Waals surface area contributed by atoms with E-state index in [9.17, 15) is 9.50 Å². The molecule has 2 heterocycles. The summed E-state index contributed by atoms with van der Waals surface area (Å²) in [5.74, 6) is 0.465. The van der Waals surface area contributed by atoms with Gasteiger partial charge in [0.1, 0.15) is 5.82 Å². The van der Waals surface area contributed by atoms with Crippen molar-refractivity contribution in [2.24, 2.45) is 0 Å². The van der Waals surface area contributed by atoms with Gasteiger partial charge in [0.25, 0.3) is 0 Å². The number of nitrogens with one attached hydrogen (secondary N) is 1. The fourth-order valence-electron chi connectivity index (χ4n) is 2.23. The Hall–Kier alpha value is -1.79. The fourth-order valence-corrected chi connectivity index (χ4v) is 2.23. The number of hydrogen-bond acceptors (Lipinski definition) is 5. The second-order valence-electron chi connectivity index (χ2n) is 4.77. The second kappa shape index (κ2) is 4.71. The van der Waals surface area contributed by atoms with Crippen LogP contribution in [0.4, 0.5) is 4.39 Å². The van der Waals surface area contributed by atoms with E-state index in [4.69, 9.17) is 4.52 Å². The van der Waals surface area contributed by atoms with Crippen molar-refractivity contribution < 1.29 is 14.0 Å². The van der Waals surface area contributed by atoms with E-state index < -0.39 is 6.10 Å². The molecule has 1 saturated heterocycles. The summed E-state index contributed by atoms with van der Waals surface area (Å²) in [4.78, 5) is 4.28. The van der Waals surface area contributed by atoms with E-state index in [1.807, 2.05) is 6.92 Å². The second-order valence-corrected chi connectivity index (χ2v) is 4.77. The molecule has 0 bridgehead atoms. The lowest BCUT2D eigenvalue weighted by Gasteiger charge is -2.02. The molecule has 2 atom stereocenters. The van der Waals surface area contributed by atoms with Crippen LogP contribution in [0.15, 0.2) is 22.7 Å². The quantitative estimate of drug-likeness (QED) is 0.860. The lowest BCUT2D eigenvalue weighted by Crippen LogP contribution is -2.15. The van der Waals surface area contributed by atoms with E-state index >= 15 is 0 Å². The van der Waals surface area contributed by atoms with E-state index in [1.165, 1.54) is 12.1 Å². The van der Waals surface area contributed by atoms with Crippen LogP contribution in [0, 0.1) is 12.7 Å². The fraction of sp³-hybridized carbons (Fsp3) is 0.385. The van der Waals surface area contributed by atoms with Gasteiger partial charge in [0.2, 0.25) is 11.7 Å². The van der Waals surface area contributed by atoms with Crippen molar-refractivity contribution in [3.05, 3.63) is 35.5 Å². The SMILES string of the molecule is Cc1ccc(F)cc1-c1noc([C@@H]2C[C@H](O)CN2)n1. The molecule has 2 N–H and O–H groups in total. The van der Waals surface area contributed by atoms with Gasteiger partial charge in [-0.1, -0.05) is 11.2 Å². The summed E-state index contributed by atoms with van der Waals surface area (Å²) in [5, 5.41) is 16.4. The van der Waals surface area contributed by atoms with E-state index in [2.05, 4.69) is 15.5 Å². The minimum Gasteiger partial charge on any atom is -0.392 e. The summed E-state index contributed by atoms with van der Waals surface area (Å²) < 4.78 is 18.4. The molecule has 1 aromatic carbocycles. The van der Waals surface area contributed by atoms with Crippen LogP contribution in [0.1, 0.15) is 23.9 Å². The molecule has 3 rings (SSSR count). The van der Waals surface area contributed by atoms with Gasteiger partial charge in [0.15, 0.2) is 0 Å². The number of benzene rings is 1. The Balaban J connectivity index is 1.90. The van der Waals surface area contributed by atoms with Crippen LogP contribution in [0.3, 0.4) is 0 Å². The Morgan fingerprint density at radius 1 is 1.47 bits per heavy atom. The number of β-amino-alcohol motifs (C(OH)–C–C–N with tert-alkyl or cyclic N) is 1. The first kappa shape index (κ1) is 12.3. The Bertz CT molecular complexity index is 599. The van der Waals surface area contributed by atoms with Gasteiger partial charge in [-0.25, -0.2) is 4.39 Å². The van der Waals surface area contributed by atoms with Gasteiger partial charge < -0.3 is 14.9 Å². The molecule has 19 heavy (non-hydrogen) atoms. The van der Waals surface area contributed by atoms with Crippen molar-refractivity contribution in [1.29, 1.82) is 0 Å². The topological polar surface area (TPSA) is 71.2 Å². The smallest absolute Gasteiger partial charge is 0.244 e. The van der Waals surface area contributed by atoms with Crippen molar-refractivity contribution in [3.63, 3.8) is 0 Å². The zero-order valence-corrected chi connectivity index (χ0v) is 10.4. The van der Waals surface area contributed by atoms with Crippen molar-refractivity contribution in [2.45, 2.75) is 25.5 Å². The first-order valence-corrected chi connectivity index (χ1v) is 6.15. The normalized spacial score (nSPS) is 22.9. The molecule has 6 heteroatoms. The number of nitrogens with zero attached hydrogens (tertiary/aromatic N) is 2. The summed E-state index contributed by atoms with van der Waals surface area (Å²) in [6, 6.07) is 4.33. The molecule has 0 spiro atoms. The molecule has 0 radical (unpaired) electrons. The third-order valence-electron chi connectivity index (χ3n) is 3.29. The number of rotatable bonds is 2. The molecule has 1 aliphatic rings. The largest absolute Gasteiger partial charge is 0.392 e. The molecular formula is C13H14FN3O2. The average Bonchev–Trinajstić information content (AvgIpc) is 3.00. The van der Waals surface area contributed by atoms with Gasteiger partial charge in [-0.3, -0.25) is 0 Å². The third-order valence-corrected chi connectivity index (χ3v) is 3.29. The first-order chi connectivity index (χ1) is 9.13. The minimum absolute atomic E-state index is 0.134. The average molecular weight is 263 g/mol. The molecule has 1 aromatic heterocycles. The van der Waals surface area contributed by atoms with Gasteiger partial charge >= 0.3 is 0 Å². The van der Waals surface area contributed by atoms with Crippen LogP contribution in [-0.4, -0.2) is 27.9 Å². The number of aryl methyl sites for hydroxylation is 1. The molecular weight excluding hydrogens is 249 g/mol. The monoisotopic (exact) mass is 263 g/mol. The Morgan fingerprint density at radius 2 is 2.32 bits per heavy atom. The zero-order chi connectivity index (χ0) is 13.4. The predicted molar refractivity (Wildman–Crippen MR) is 65.8 cm³/mol. The molecule has 1 fully saturated rings. The number of hydrogen-bond donors (Lipinski definition) is 2. The highest BCUT2D eigenvalue weighted by molar-refractivity contribution is 5.59. The third kappa shape index (κ3) is 2.36. The van der Waals surface area contributed by atoms with E-state index in [0.29, 0.717) is 30.2 Å². The maximum Gasteiger partial charge on any atom is 0.244 e. The molecule has 1 aliphatic heterocycles. The van der Waals surface area contributed by atoms with Crippen molar-refractivity contribution >= 4 is 0 Å². The summed E-state index contributed by atoms with van der Waals surface area (Å²) in [5.41, 5.74) is 1.50. The highest BCUT2D eigenvalue weighted by Gasteiger charge is 2.28. The summed E-state index contributed by atoms with van der Waals surface area (Å²) in [7, 11) is 0. The zero-order valence-electron chi connectivity index (χ0n) is 10.4. The lowest BCUT2D eigenvalue weighted by molar-refractivity contribution is 0.191. The Morgan fingerprint density at radius 3 is 3.05 bits per heavy atom. The number of aromatic nitrogens is 2. The van der Waals surface area contributed by atoms with Crippen LogP contribution in [0.2, 0.25) is 0 Å². The van der Waals surface area contributed by atoms with Gasteiger partial charge in [0.05, 0.1) is 12.1 Å². The highest BCUT2D eigenvalue weighted by Crippen LogP contribution is 2.26. The van der Waals surface area contributed by atoms with Crippen LogP contribution in [0.25, 0.3) is 11.4 Å². The maximum absolute atomic E-state index is 13.3. The number of aliphatic hydroxyl groups is 1. The Kier molecular flexibility index (Phi) is 3.04. The van der Waals surface area contributed by atoms with Gasteiger partial charge in [-0.15, -0.1) is 0 Å². The molecule has 100 valence electrons. The molecule has 0 unspecified atom stereocenters. The summed E-state index contributed by atoms with van der Waals surface area (Å²) in [6.45, 7) is 2.38. The van der Waals surface area contributed by atoms with Crippen LogP contribution < -0.4 is 5.32 Å². The molecule has 0 amide bonds. The molecule has 0 aliphatic carbocycles. The van der Waals surface area contributed by atoms with Gasteiger partial charge in [-0.2, -0.15) is 4.98 Å². The summed E-state index contributed by atoms with van der Waals surface area (Å²) in [6.07, 6.45) is 0.153. The van der Waals surface area contributed by atoms with Crippen molar-refractivity contribution in [2.75, 3.05) is 6.54 Å². The van der Waals surface area contributed by atoms with Gasteiger partial charge in [-0.05, 0) is 31.0 Å². The maximum atomic E-state index is 13.3. The molecule has 0 saturated carbocycles. The lowest BCUT2D eigenvalue weighted by atomic mass is 10.1. The summed E-state index contributed by atoms with van der Waals surface area (Å²) >= 11 is 0.